The summed E-state index contributed by atoms with van der Waals surface area (Å²) in [7, 11) is 0. The van der Waals surface area contributed by atoms with Crippen LogP contribution in [0.3, 0.4) is 0 Å². The van der Waals surface area contributed by atoms with E-state index >= 15 is 0 Å². The van der Waals surface area contributed by atoms with Crippen molar-refractivity contribution in [1.82, 2.24) is 0 Å². The molecule has 1 aliphatic rings. The predicted octanol–water partition coefficient (Wildman–Crippen LogP) is 3.43. The molecule has 162 valence electrons. The minimum atomic E-state index is -2.61. The van der Waals surface area contributed by atoms with Crippen molar-refractivity contribution in [3.05, 3.63) is 102 Å². The molecular formula is C26H23O5P. The lowest BCUT2D eigenvalue weighted by Crippen LogP contribution is -2.42. The molecule has 1 saturated heterocycles. The van der Waals surface area contributed by atoms with Gasteiger partial charge in [-0.1, -0.05) is 91.0 Å². The number of hydrogen-bond acceptors (Lipinski definition) is 5. The third-order valence-corrected chi connectivity index (χ3v) is 9.12. The van der Waals surface area contributed by atoms with E-state index in [0.717, 1.165) is 15.9 Å². The van der Waals surface area contributed by atoms with Crippen LogP contribution in [0.2, 0.25) is 0 Å². The highest BCUT2D eigenvalue weighted by atomic mass is 31.2. The third-order valence-electron chi connectivity index (χ3n) is 5.15. The van der Waals surface area contributed by atoms with Gasteiger partial charge in [0.05, 0.1) is 0 Å². The lowest BCUT2D eigenvalue weighted by molar-refractivity contribution is -0.222. The molecule has 3 aromatic rings. The van der Waals surface area contributed by atoms with Gasteiger partial charge in [-0.3, -0.25) is 0 Å². The highest BCUT2D eigenvalue weighted by Gasteiger charge is 2.41. The van der Waals surface area contributed by atoms with E-state index in [2.05, 4.69) is 0 Å². The first-order valence-corrected chi connectivity index (χ1v) is 12.0. The molecule has 0 bridgehead atoms. The average Bonchev–Trinajstić information content (AvgIpc) is 2.78. The van der Waals surface area contributed by atoms with Gasteiger partial charge in [-0.05, 0) is 28.6 Å². The molecule has 0 spiro atoms. The average molecular weight is 446 g/mol. The number of carbonyl (C=O) groups excluding carboxylic acids is 2. The lowest BCUT2D eigenvalue weighted by Gasteiger charge is -2.31. The molecule has 0 unspecified atom stereocenters. The molecule has 0 amide bonds. The molecule has 0 saturated carbocycles. The van der Waals surface area contributed by atoms with E-state index in [1.807, 2.05) is 91.0 Å². The number of carbonyl (C=O) groups is 2. The Labute approximate surface area is 186 Å². The molecule has 32 heavy (non-hydrogen) atoms. The number of aliphatic hydroxyl groups excluding tert-OH is 1. The van der Waals surface area contributed by atoms with Crippen LogP contribution >= 0.6 is 6.89 Å². The zero-order chi connectivity index (χ0) is 22.8. The number of allylic oxidation sites excluding steroid dienone is 1. The maximum Gasteiger partial charge on any atom is 0.352 e. The highest BCUT2D eigenvalue weighted by Crippen LogP contribution is 2.44. The second-order valence-corrected chi connectivity index (χ2v) is 11.1. The summed E-state index contributed by atoms with van der Waals surface area (Å²) in [6.45, 7) is 0.326. The number of cyclic esters (lactones) is 2. The largest absolute Gasteiger partial charge is 0.507 e. The van der Waals surface area contributed by atoms with Crippen LogP contribution in [0.5, 0.6) is 0 Å². The molecule has 0 atom stereocenters. The van der Waals surface area contributed by atoms with Crippen LogP contribution in [0.4, 0.5) is 0 Å². The van der Waals surface area contributed by atoms with Crippen LogP contribution in [0.25, 0.3) is 0 Å². The van der Waals surface area contributed by atoms with Crippen LogP contribution < -0.4 is 15.9 Å². The predicted molar refractivity (Wildman–Crippen MR) is 127 cm³/mol. The van der Waals surface area contributed by atoms with Crippen molar-refractivity contribution in [1.29, 1.82) is 0 Å². The van der Waals surface area contributed by atoms with E-state index in [4.69, 9.17) is 9.47 Å². The Kier molecular flexibility index (Phi) is 5.77. The molecule has 1 aliphatic heterocycles. The minimum absolute atomic E-state index is 0.458. The first-order valence-electron chi connectivity index (χ1n) is 10.1. The topological polar surface area (TPSA) is 72.8 Å². The highest BCUT2D eigenvalue weighted by molar-refractivity contribution is 7.94. The fraction of sp³-hybridized carbons (Fsp3) is 0.115. The van der Waals surface area contributed by atoms with Crippen molar-refractivity contribution in [2.24, 2.45) is 0 Å². The molecule has 0 aliphatic carbocycles. The van der Waals surface area contributed by atoms with Gasteiger partial charge in [0.1, 0.15) is 5.76 Å². The number of benzene rings is 3. The number of hydrogen-bond donors (Lipinski definition) is 1. The van der Waals surface area contributed by atoms with Gasteiger partial charge in [0, 0.05) is 13.8 Å². The van der Waals surface area contributed by atoms with Crippen LogP contribution in [0, 0.1) is 0 Å². The Hall–Kier alpha value is -3.56. The molecule has 0 aromatic heterocycles. The van der Waals surface area contributed by atoms with Gasteiger partial charge in [0.2, 0.25) is 0 Å². The molecular weight excluding hydrogens is 423 g/mol. The number of aliphatic hydroxyl groups is 1. The van der Waals surface area contributed by atoms with Gasteiger partial charge in [0.25, 0.3) is 5.79 Å². The molecule has 1 heterocycles. The zero-order valence-corrected chi connectivity index (χ0v) is 18.7. The van der Waals surface area contributed by atoms with E-state index in [9.17, 15) is 14.7 Å². The maximum absolute atomic E-state index is 12.6. The molecule has 5 nitrogen and oxygen atoms in total. The van der Waals surface area contributed by atoms with Crippen molar-refractivity contribution in [3.63, 3.8) is 0 Å². The summed E-state index contributed by atoms with van der Waals surface area (Å²) in [6.07, 6.45) is 0. The summed E-state index contributed by atoms with van der Waals surface area (Å²) < 4.78 is 10.4. The second-order valence-electron chi connectivity index (χ2n) is 7.80. The van der Waals surface area contributed by atoms with Crippen molar-refractivity contribution in [2.75, 3.05) is 0 Å². The lowest BCUT2D eigenvalue weighted by atomic mass is 10.2. The van der Waals surface area contributed by atoms with Crippen LogP contribution in [-0.2, 0) is 19.1 Å². The van der Waals surface area contributed by atoms with E-state index in [1.165, 1.54) is 13.8 Å². The molecule has 1 fully saturated rings. The standard InChI is InChI=1S/C26H23O5P/c1-26(2)30-24(28)23(25(29)31-26)22(27)18-32(19-12-6-3-7-13-19,20-14-8-4-9-15-20)21-16-10-5-11-17-21/h3-18,27H,1-2H3. The van der Waals surface area contributed by atoms with E-state index in [-0.39, 0.29) is 0 Å². The van der Waals surface area contributed by atoms with Gasteiger partial charge in [-0.2, -0.15) is 0 Å². The first-order chi connectivity index (χ1) is 15.3. The van der Waals surface area contributed by atoms with Gasteiger partial charge < -0.3 is 14.6 Å². The van der Waals surface area contributed by atoms with Crippen molar-refractivity contribution >= 4 is 40.5 Å². The number of rotatable bonds is 4. The number of ether oxygens (including phenoxy) is 2. The Morgan fingerprint density at radius 1 is 0.719 bits per heavy atom. The Balaban J connectivity index is 2.08. The Bertz CT molecular complexity index is 1100. The van der Waals surface area contributed by atoms with Crippen molar-refractivity contribution in [3.8, 4) is 0 Å². The Morgan fingerprint density at radius 2 is 1.06 bits per heavy atom. The summed E-state index contributed by atoms with van der Waals surface area (Å²) >= 11 is 0. The minimum Gasteiger partial charge on any atom is -0.507 e. The molecule has 6 heteroatoms. The normalized spacial score (nSPS) is 15.5. The second kappa shape index (κ2) is 8.52. The monoisotopic (exact) mass is 446 g/mol. The smallest absolute Gasteiger partial charge is 0.352 e. The fourth-order valence-corrected chi connectivity index (χ4v) is 7.53. The van der Waals surface area contributed by atoms with E-state index in [1.54, 1.807) is 5.80 Å². The first kappa shape index (κ1) is 21.7. The Morgan fingerprint density at radius 3 is 1.41 bits per heavy atom. The summed E-state index contributed by atoms with van der Waals surface area (Å²) in [5.41, 5.74) is -0.503. The van der Waals surface area contributed by atoms with Gasteiger partial charge in [-0.25, -0.2) is 9.59 Å². The molecule has 4 rings (SSSR count). The SMILES string of the molecule is CC1(C)OC(=O)C(=C(O)C=P(c2ccccc2)(c2ccccc2)c2ccccc2)C(=O)O1. The summed E-state index contributed by atoms with van der Waals surface area (Å²) in [5, 5.41) is 14.0. The zero-order valence-electron chi connectivity index (χ0n) is 17.8. The van der Waals surface area contributed by atoms with Crippen LogP contribution in [0.1, 0.15) is 13.8 Å². The van der Waals surface area contributed by atoms with Gasteiger partial charge in [0.15, 0.2) is 5.57 Å². The maximum atomic E-state index is 12.6. The van der Waals surface area contributed by atoms with Crippen molar-refractivity contribution < 1.29 is 24.2 Å². The molecule has 0 radical (unpaired) electrons. The van der Waals surface area contributed by atoms with Crippen LogP contribution in [0.15, 0.2) is 102 Å². The summed E-state index contributed by atoms with van der Waals surface area (Å²) in [6, 6.07) is 29.3. The van der Waals surface area contributed by atoms with E-state index < -0.39 is 35.9 Å². The van der Waals surface area contributed by atoms with E-state index in [0.29, 0.717) is 0 Å². The fourth-order valence-electron chi connectivity index (χ4n) is 3.77. The molecule has 3 aromatic carbocycles. The van der Waals surface area contributed by atoms with Gasteiger partial charge >= 0.3 is 11.9 Å². The van der Waals surface area contributed by atoms with Gasteiger partial charge in [-0.15, -0.1) is 0 Å². The summed E-state index contributed by atoms with van der Waals surface area (Å²) in [4.78, 5) is 25.2. The van der Waals surface area contributed by atoms with Crippen LogP contribution in [-0.4, -0.2) is 28.6 Å². The van der Waals surface area contributed by atoms with Crippen molar-refractivity contribution in [2.45, 2.75) is 19.6 Å². The quantitative estimate of drug-likeness (QED) is 0.219. The summed E-state index contributed by atoms with van der Waals surface area (Å²) in [5.74, 6) is -2.04. The molecule has 1 N–H and O–H groups in total. The number of esters is 2. The third kappa shape index (κ3) is 4.00.